The fraction of sp³-hybridized carbons (Fsp3) is 0.391. The monoisotopic (exact) mass is 567 g/mol. The first-order chi connectivity index (χ1) is 18.1. The number of nitrogens with one attached hydrogen (secondary N) is 1. The summed E-state index contributed by atoms with van der Waals surface area (Å²) in [5, 5.41) is 3.45. The molecule has 4 rings (SSSR count). The molecule has 0 saturated carbocycles. The summed E-state index contributed by atoms with van der Waals surface area (Å²) >= 11 is 0.892. The number of sulfonamides is 1. The molecule has 0 unspecified atom stereocenters. The normalized spacial score (nSPS) is 15.1. The highest BCUT2D eigenvalue weighted by molar-refractivity contribution is 7.89. The molecule has 1 aromatic carbocycles. The Morgan fingerprint density at radius 3 is 2.45 bits per heavy atom. The second-order valence-electron chi connectivity index (χ2n) is 8.83. The quantitative estimate of drug-likeness (QED) is 0.350. The number of aromatic nitrogens is 3. The molecule has 0 bridgehead atoms. The molecule has 1 aliphatic heterocycles. The van der Waals surface area contributed by atoms with Crippen molar-refractivity contribution in [2.45, 2.75) is 23.8 Å². The lowest BCUT2D eigenvalue weighted by Gasteiger charge is -2.31. The van der Waals surface area contributed by atoms with E-state index in [2.05, 4.69) is 20.3 Å². The van der Waals surface area contributed by atoms with Gasteiger partial charge in [0.05, 0.1) is 18.0 Å². The van der Waals surface area contributed by atoms with Crippen LogP contribution < -0.4 is 15.8 Å². The minimum Gasteiger partial charge on any atom is -0.462 e. The van der Waals surface area contributed by atoms with Crippen molar-refractivity contribution in [3.05, 3.63) is 52.7 Å². The molecule has 0 radical (unpaired) electrons. The summed E-state index contributed by atoms with van der Waals surface area (Å²) in [6.45, 7) is 1.50. The van der Waals surface area contributed by atoms with Gasteiger partial charge in [0.25, 0.3) is 0 Å². The van der Waals surface area contributed by atoms with Gasteiger partial charge in [0.15, 0.2) is 5.13 Å². The zero-order valence-corrected chi connectivity index (χ0v) is 22.4. The van der Waals surface area contributed by atoms with E-state index >= 15 is 0 Å². The first kappa shape index (κ1) is 27.8. The second-order valence-corrected chi connectivity index (χ2v) is 11.8. The summed E-state index contributed by atoms with van der Waals surface area (Å²) in [6, 6.07) is 3.11. The molecule has 3 aromatic rings. The van der Waals surface area contributed by atoms with Gasteiger partial charge in [-0.15, -0.1) is 0 Å². The maximum absolute atomic E-state index is 14.0. The predicted octanol–water partition coefficient (Wildman–Crippen LogP) is 2.23. The van der Waals surface area contributed by atoms with Crippen LogP contribution in [0.4, 0.5) is 19.7 Å². The fourth-order valence-corrected chi connectivity index (χ4v) is 6.05. The number of carbonyl (C=O) groups is 1. The van der Waals surface area contributed by atoms with Crippen LogP contribution >= 0.6 is 11.3 Å². The lowest BCUT2D eigenvalue weighted by Crippen LogP contribution is -2.42. The van der Waals surface area contributed by atoms with Gasteiger partial charge in [-0.05, 0) is 39.1 Å². The van der Waals surface area contributed by atoms with Crippen molar-refractivity contribution in [2.24, 2.45) is 0 Å². The molecule has 3 heterocycles. The van der Waals surface area contributed by atoms with Crippen molar-refractivity contribution in [2.75, 3.05) is 51.4 Å². The van der Waals surface area contributed by atoms with Gasteiger partial charge in [-0.2, -0.15) is 4.31 Å². The van der Waals surface area contributed by atoms with Crippen molar-refractivity contribution < 1.29 is 26.7 Å². The number of nitrogens with two attached hydrogens (primary N) is 1. The molecular weight excluding hydrogens is 540 g/mol. The number of nitrogens with zero attached hydrogens (tertiary/aromatic N) is 5. The molecule has 204 valence electrons. The number of likely N-dealkylation sites (N-methyl/N-ethyl adjacent to an activating group) is 1. The highest BCUT2D eigenvalue weighted by atomic mass is 32.2. The van der Waals surface area contributed by atoms with Gasteiger partial charge < -0.3 is 20.7 Å². The number of ketones is 1. The van der Waals surface area contributed by atoms with Gasteiger partial charge in [0.2, 0.25) is 15.8 Å². The van der Waals surface area contributed by atoms with E-state index < -0.39 is 33.0 Å². The van der Waals surface area contributed by atoms with E-state index in [0.717, 1.165) is 23.5 Å². The molecule has 11 nitrogen and oxygen atoms in total. The van der Waals surface area contributed by atoms with Gasteiger partial charge in [-0.1, -0.05) is 17.4 Å². The van der Waals surface area contributed by atoms with Crippen LogP contribution in [0.3, 0.4) is 0 Å². The number of thiazole rings is 1. The maximum atomic E-state index is 14.0. The summed E-state index contributed by atoms with van der Waals surface area (Å²) in [5.74, 6) is -2.99. The van der Waals surface area contributed by atoms with Crippen molar-refractivity contribution >= 4 is 38.1 Å². The van der Waals surface area contributed by atoms with Crippen LogP contribution in [0.2, 0.25) is 0 Å². The average molecular weight is 568 g/mol. The lowest BCUT2D eigenvalue weighted by molar-refractivity contribution is 0.103. The molecule has 3 N–H and O–H groups in total. The number of hydrogen-bond acceptors (Lipinski definition) is 11. The Morgan fingerprint density at radius 2 is 1.84 bits per heavy atom. The maximum Gasteiger partial charge on any atom is 0.316 e. The summed E-state index contributed by atoms with van der Waals surface area (Å²) in [4.78, 5) is 26.6. The number of carbonyl (C=O) groups excluding carboxylic acids is 1. The largest absolute Gasteiger partial charge is 0.462 e. The number of nitrogen functional groups attached to an aromatic ring is 1. The van der Waals surface area contributed by atoms with Crippen molar-refractivity contribution in [1.29, 1.82) is 0 Å². The average Bonchev–Trinajstić information content (AvgIpc) is 3.24. The minimum absolute atomic E-state index is 0.0277. The second kappa shape index (κ2) is 11.6. The van der Waals surface area contributed by atoms with Gasteiger partial charge in [0.1, 0.15) is 33.8 Å². The molecule has 0 aliphatic carbocycles. The van der Waals surface area contributed by atoms with E-state index in [4.69, 9.17) is 10.5 Å². The SMILES string of the molecule is CN(C)CCOc1ncc(S(=O)(=O)N2CCC(Nc3nc(N)c(C(=O)c4c(F)cccc4F)s3)CC2)cn1. The van der Waals surface area contributed by atoms with Gasteiger partial charge >= 0.3 is 6.01 Å². The van der Waals surface area contributed by atoms with Gasteiger partial charge in [0, 0.05) is 25.7 Å². The highest BCUT2D eigenvalue weighted by Crippen LogP contribution is 2.31. The van der Waals surface area contributed by atoms with Crippen molar-refractivity contribution in [3.63, 3.8) is 0 Å². The smallest absolute Gasteiger partial charge is 0.316 e. The van der Waals surface area contributed by atoms with E-state index in [1.54, 1.807) is 0 Å². The van der Waals surface area contributed by atoms with Gasteiger partial charge in [-0.25, -0.2) is 32.2 Å². The third kappa shape index (κ3) is 6.23. The van der Waals surface area contributed by atoms with Crippen LogP contribution in [0.25, 0.3) is 0 Å². The molecule has 38 heavy (non-hydrogen) atoms. The van der Waals surface area contributed by atoms with Crippen molar-refractivity contribution in [1.82, 2.24) is 24.2 Å². The Balaban J connectivity index is 1.35. The zero-order chi connectivity index (χ0) is 27.4. The van der Waals surface area contributed by atoms with Gasteiger partial charge in [-0.3, -0.25) is 4.79 Å². The summed E-state index contributed by atoms with van der Waals surface area (Å²) in [5.41, 5.74) is 5.17. The third-order valence-corrected chi connectivity index (χ3v) is 8.70. The van der Waals surface area contributed by atoms with Crippen LogP contribution in [-0.2, 0) is 10.0 Å². The Morgan fingerprint density at radius 1 is 1.21 bits per heavy atom. The molecule has 1 saturated heterocycles. The number of hydrogen-bond donors (Lipinski definition) is 2. The minimum atomic E-state index is -3.79. The highest BCUT2D eigenvalue weighted by Gasteiger charge is 2.31. The number of piperidine rings is 1. The van der Waals surface area contributed by atoms with E-state index in [1.807, 2.05) is 19.0 Å². The molecule has 1 aliphatic rings. The third-order valence-electron chi connectivity index (χ3n) is 5.84. The number of ether oxygens (including phenoxy) is 1. The molecule has 0 spiro atoms. The van der Waals surface area contributed by atoms with Crippen molar-refractivity contribution in [3.8, 4) is 6.01 Å². The van der Waals surface area contributed by atoms with Crippen LogP contribution in [-0.4, -0.2) is 84.7 Å². The lowest BCUT2D eigenvalue weighted by atomic mass is 10.1. The van der Waals surface area contributed by atoms with Crippen LogP contribution in [0, 0.1) is 11.6 Å². The van der Waals surface area contributed by atoms with Crippen LogP contribution in [0.5, 0.6) is 6.01 Å². The first-order valence-corrected chi connectivity index (χ1v) is 13.9. The Kier molecular flexibility index (Phi) is 8.50. The molecule has 1 fully saturated rings. The summed E-state index contributed by atoms with van der Waals surface area (Å²) in [6.07, 6.45) is 3.37. The number of benzene rings is 1. The van der Waals surface area contributed by atoms with E-state index in [9.17, 15) is 22.0 Å². The summed E-state index contributed by atoms with van der Waals surface area (Å²) < 4.78 is 60.9. The summed E-state index contributed by atoms with van der Waals surface area (Å²) in [7, 11) is 0.0114. The van der Waals surface area contributed by atoms with E-state index in [0.29, 0.717) is 31.1 Å². The van der Waals surface area contributed by atoms with Crippen LogP contribution in [0.1, 0.15) is 28.1 Å². The number of halogens is 2. The topological polar surface area (TPSA) is 144 Å². The predicted molar refractivity (Wildman–Crippen MR) is 138 cm³/mol. The molecular formula is C23H27F2N7O4S2. The molecule has 0 amide bonds. The Labute approximate surface area is 222 Å². The molecule has 2 aromatic heterocycles. The van der Waals surface area contributed by atoms with E-state index in [-0.39, 0.29) is 40.7 Å². The Hall–Kier alpha value is -3.27. The van der Waals surface area contributed by atoms with E-state index in [1.165, 1.54) is 22.8 Å². The fourth-order valence-electron chi connectivity index (χ4n) is 3.78. The molecule has 15 heteroatoms. The zero-order valence-electron chi connectivity index (χ0n) is 20.7. The number of anilines is 2. The van der Waals surface area contributed by atoms with Crippen LogP contribution in [0.15, 0.2) is 35.5 Å². The number of rotatable bonds is 10. The first-order valence-electron chi connectivity index (χ1n) is 11.7. The Bertz CT molecular complexity index is 1370. The molecule has 0 atom stereocenters. The standard InChI is InChI=1S/C23H27F2N7O4S2/c1-31(2)10-11-36-22-27-12-15(13-28-22)38(34,35)32-8-6-14(7-9-32)29-23-30-21(26)20(37-23)19(33)18-16(24)4-3-5-17(18)25/h3-5,12-14H,6-11,26H2,1-2H3,(H,29,30).